The van der Waals surface area contributed by atoms with Crippen molar-refractivity contribution in [3.8, 4) is 0 Å². The summed E-state index contributed by atoms with van der Waals surface area (Å²) in [6.07, 6.45) is 68.9. The lowest BCUT2D eigenvalue weighted by Gasteiger charge is -2.18. The maximum Gasteiger partial charge on any atom is 0.306 e. The Morgan fingerprint density at radius 3 is 0.571 bits per heavy atom. The van der Waals surface area contributed by atoms with Crippen molar-refractivity contribution in [1.82, 2.24) is 0 Å². The van der Waals surface area contributed by atoms with Crippen molar-refractivity contribution in [3.05, 3.63) is 0 Å². The normalized spacial score (nSPS) is 11.9. The maximum atomic E-state index is 12.8. The van der Waals surface area contributed by atoms with Gasteiger partial charge >= 0.3 is 17.9 Å². The zero-order valence-corrected chi connectivity index (χ0v) is 47.8. The van der Waals surface area contributed by atoms with Crippen LogP contribution >= 0.6 is 0 Å². The molecule has 0 aromatic rings. The van der Waals surface area contributed by atoms with E-state index in [1.165, 1.54) is 270 Å². The van der Waals surface area contributed by atoms with Gasteiger partial charge in [-0.3, -0.25) is 14.4 Å². The molecule has 0 radical (unpaired) electrons. The van der Waals surface area contributed by atoms with E-state index >= 15 is 0 Å². The minimum atomic E-state index is -0.760. The first-order chi connectivity index (χ1) is 34.5. The number of hydrogen-bond donors (Lipinski definition) is 0. The smallest absolute Gasteiger partial charge is 0.306 e. The fraction of sp³-hybridized carbons (Fsp3) is 0.953. The Labute approximate surface area is 438 Å². The highest BCUT2D eigenvalue weighted by molar-refractivity contribution is 5.71. The molecule has 0 fully saturated rings. The fourth-order valence-corrected chi connectivity index (χ4v) is 10.0. The molecule has 0 aliphatic rings. The van der Waals surface area contributed by atoms with Gasteiger partial charge in [0.05, 0.1) is 0 Å². The molecule has 0 spiro atoms. The van der Waals surface area contributed by atoms with Gasteiger partial charge in [-0.15, -0.1) is 0 Å². The Morgan fingerprint density at radius 2 is 0.386 bits per heavy atom. The summed E-state index contributed by atoms with van der Waals surface area (Å²) in [5.41, 5.74) is 0. The first-order valence-corrected chi connectivity index (χ1v) is 32.0. The number of ether oxygens (including phenoxy) is 3. The highest BCUT2D eigenvalue weighted by Crippen LogP contribution is 2.19. The monoisotopic (exact) mass is 989 g/mol. The molecule has 0 aliphatic heterocycles. The zero-order valence-electron chi connectivity index (χ0n) is 47.8. The predicted octanol–water partition coefficient (Wildman–Crippen LogP) is 21.5. The van der Waals surface area contributed by atoms with E-state index in [0.29, 0.717) is 19.3 Å². The summed E-state index contributed by atoms with van der Waals surface area (Å²) in [4.78, 5) is 37.9. The van der Waals surface area contributed by atoms with E-state index in [4.69, 9.17) is 14.2 Å². The van der Waals surface area contributed by atoms with Crippen molar-refractivity contribution in [3.63, 3.8) is 0 Å². The summed E-state index contributed by atoms with van der Waals surface area (Å²) in [5, 5.41) is 0. The van der Waals surface area contributed by atoms with E-state index in [0.717, 1.165) is 64.2 Å². The van der Waals surface area contributed by atoms with E-state index in [1.54, 1.807) is 0 Å². The topological polar surface area (TPSA) is 78.9 Å². The lowest BCUT2D eigenvalue weighted by molar-refractivity contribution is -0.167. The maximum absolute atomic E-state index is 12.8. The van der Waals surface area contributed by atoms with Gasteiger partial charge in [-0.2, -0.15) is 0 Å². The number of rotatable bonds is 60. The molecule has 0 N–H and O–H groups in total. The van der Waals surface area contributed by atoms with Gasteiger partial charge in [-0.25, -0.2) is 0 Å². The Hall–Kier alpha value is -1.59. The molecule has 0 heterocycles. The molecular formula is C64H124O6. The summed E-state index contributed by atoms with van der Waals surface area (Å²) in [7, 11) is 0. The quantitative estimate of drug-likeness (QED) is 0.0343. The van der Waals surface area contributed by atoms with Gasteiger partial charge in [0.2, 0.25) is 0 Å². The number of unbranched alkanes of at least 4 members (excludes halogenated alkanes) is 49. The molecule has 416 valence electrons. The van der Waals surface area contributed by atoms with Gasteiger partial charge in [-0.1, -0.05) is 335 Å². The van der Waals surface area contributed by atoms with Crippen molar-refractivity contribution in [1.29, 1.82) is 0 Å². The van der Waals surface area contributed by atoms with Crippen LogP contribution in [0.1, 0.15) is 374 Å². The number of carbonyl (C=O) groups excluding carboxylic acids is 3. The average Bonchev–Trinajstić information content (AvgIpc) is 3.36. The van der Waals surface area contributed by atoms with Crippen LogP contribution in [-0.2, 0) is 28.6 Å². The lowest BCUT2D eigenvalue weighted by Crippen LogP contribution is -2.30. The van der Waals surface area contributed by atoms with Gasteiger partial charge in [0.1, 0.15) is 13.2 Å². The summed E-state index contributed by atoms with van der Waals surface area (Å²) in [6.45, 7) is 6.64. The first kappa shape index (κ1) is 68.4. The predicted molar refractivity (Wildman–Crippen MR) is 303 cm³/mol. The van der Waals surface area contributed by atoms with E-state index in [9.17, 15) is 14.4 Å². The molecule has 0 bridgehead atoms. The summed E-state index contributed by atoms with van der Waals surface area (Å²) in [6, 6.07) is 0. The highest BCUT2D eigenvalue weighted by Gasteiger charge is 2.19. The second-order valence-corrected chi connectivity index (χ2v) is 22.1. The SMILES string of the molecule is CCCCCCCCCCCCCCCCCCCCCCCCCCCCCC(=O)OCC(COC(=O)CCCCCCC)OC(=O)CCCCCCCCCCCCCCCCCCCCCC. The van der Waals surface area contributed by atoms with Gasteiger partial charge in [-0.05, 0) is 19.3 Å². The summed E-state index contributed by atoms with van der Waals surface area (Å²) >= 11 is 0. The van der Waals surface area contributed by atoms with Crippen LogP contribution in [0.2, 0.25) is 0 Å². The van der Waals surface area contributed by atoms with Crippen molar-refractivity contribution >= 4 is 17.9 Å². The Morgan fingerprint density at radius 1 is 0.229 bits per heavy atom. The lowest BCUT2D eigenvalue weighted by atomic mass is 10.0. The third-order valence-corrected chi connectivity index (χ3v) is 14.9. The standard InChI is InChI=1S/C64H124O6/c1-4-7-10-13-15-17-19-21-23-25-27-29-30-31-32-33-34-35-37-38-40-42-44-46-48-51-54-57-63(66)69-60-61(59-68-62(65)56-53-50-12-9-6-3)70-64(67)58-55-52-49-47-45-43-41-39-36-28-26-24-22-20-18-16-14-11-8-5-2/h61H,4-60H2,1-3H3. The second kappa shape index (κ2) is 60.0. The van der Waals surface area contributed by atoms with E-state index in [2.05, 4.69) is 20.8 Å². The first-order valence-electron chi connectivity index (χ1n) is 32.0. The molecule has 0 saturated heterocycles. The molecule has 70 heavy (non-hydrogen) atoms. The number of esters is 3. The Balaban J connectivity index is 3.93. The average molecular weight is 990 g/mol. The van der Waals surface area contributed by atoms with E-state index < -0.39 is 6.10 Å². The molecular weight excluding hydrogens is 865 g/mol. The molecule has 0 amide bonds. The zero-order chi connectivity index (χ0) is 50.7. The van der Waals surface area contributed by atoms with Gasteiger partial charge < -0.3 is 14.2 Å². The van der Waals surface area contributed by atoms with Crippen molar-refractivity contribution in [2.75, 3.05) is 13.2 Å². The van der Waals surface area contributed by atoms with Crippen LogP contribution in [0, 0.1) is 0 Å². The molecule has 1 atom stereocenters. The minimum absolute atomic E-state index is 0.0624. The largest absolute Gasteiger partial charge is 0.462 e. The van der Waals surface area contributed by atoms with Gasteiger partial charge in [0.25, 0.3) is 0 Å². The van der Waals surface area contributed by atoms with Crippen LogP contribution in [0.4, 0.5) is 0 Å². The molecule has 0 aromatic carbocycles. The Kier molecular flexibility index (Phi) is 58.6. The molecule has 6 nitrogen and oxygen atoms in total. The van der Waals surface area contributed by atoms with Crippen LogP contribution in [-0.4, -0.2) is 37.2 Å². The second-order valence-electron chi connectivity index (χ2n) is 22.1. The van der Waals surface area contributed by atoms with Crippen LogP contribution in [0.5, 0.6) is 0 Å². The molecule has 0 aromatic heterocycles. The van der Waals surface area contributed by atoms with E-state index in [-0.39, 0.29) is 31.1 Å². The van der Waals surface area contributed by atoms with Gasteiger partial charge in [0.15, 0.2) is 6.10 Å². The molecule has 0 aliphatic carbocycles. The third kappa shape index (κ3) is 57.3. The fourth-order valence-electron chi connectivity index (χ4n) is 10.0. The van der Waals surface area contributed by atoms with Crippen LogP contribution in [0.25, 0.3) is 0 Å². The van der Waals surface area contributed by atoms with Crippen LogP contribution in [0.3, 0.4) is 0 Å². The summed E-state index contributed by atoms with van der Waals surface area (Å²) < 4.78 is 16.8. The number of hydrogen-bond acceptors (Lipinski definition) is 6. The third-order valence-electron chi connectivity index (χ3n) is 14.9. The molecule has 0 saturated carbocycles. The minimum Gasteiger partial charge on any atom is -0.462 e. The van der Waals surface area contributed by atoms with E-state index in [1.807, 2.05) is 0 Å². The van der Waals surface area contributed by atoms with Crippen molar-refractivity contribution < 1.29 is 28.6 Å². The van der Waals surface area contributed by atoms with Crippen molar-refractivity contribution in [2.45, 2.75) is 380 Å². The number of carbonyl (C=O) groups is 3. The molecule has 0 rings (SSSR count). The summed E-state index contributed by atoms with van der Waals surface area (Å²) in [5.74, 6) is -0.847. The highest BCUT2D eigenvalue weighted by atomic mass is 16.6. The molecule has 6 heteroatoms. The van der Waals surface area contributed by atoms with Crippen LogP contribution < -0.4 is 0 Å². The van der Waals surface area contributed by atoms with Crippen LogP contribution in [0.15, 0.2) is 0 Å². The van der Waals surface area contributed by atoms with Crippen molar-refractivity contribution in [2.24, 2.45) is 0 Å². The molecule has 1 unspecified atom stereocenters. The Bertz CT molecular complexity index is 1040. The van der Waals surface area contributed by atoms with Gasteiger partial charge in [0, 0.05) is 19.3 Å².